The molecule has 2 atom stereocenters. The molecule has 143 valence electrons. The van der Waals surface area contributed by atoms with Crippen LogP contribution in [-0.4, -0.2) is 63.6 Å². The summed E-state index contributed by atoms with van der Waals surface area (Å²) in [4.78, 5) is 2.43. The molecule has 25 heavy (non-hydrogen) atoms. The molecule has 0 aliphatic carbocycles. The van der Waals surface area contributed by atoms with Crippen molar-refractivity contribution in [3.05, 3.63) is 23.5 Å². The van der Waals surface area contributed by atoms with Crippen LogP contribution >= 0.6 is 0 Å². The van der Waals surface area contributed by atoms with Gasteiger partial charge in [0.1, 0.15) is 11.4 Å². The summed E-state index contributed by atoms with van der Waals surface area (Å²) in [5.41, 5.74) is 2.10. The molecule has 0 saturated carbocycles. The zero-order valence-corrected chi connectivity index (χ0v) is 17.0. The van der Waals surface area contributed by atoms with Crippen molar-refractivity contribution in [2.24, 2.45) is 0 Å². The second-order valence-electron chi connectivity index (χ2n) is 7.50. The van der Waals surface area contributed by atoms with Gasteiger partial charge >= 0.3 is 0 Å². The topological polar surface area (TPSA) is 67.1 Å². The van der Waals surface area contributed by atoms with Gasteiger partial charge in [0.15, 0.2) is 0 Å². The molecule has 0 bridgehead atoms. The van der Waals surface area contributed by atoms with Gasteiger partial charge in [0.25, 0.3) is 0 Å². The molecule has 3 saturated heterocycles. The van der Waals surface area contributed by atoms with Gasteiger partial charge in [0.2, 0.25) is 0 Å². The Morgan fingerprint density at radius 2 is 1.52 bits per heavy atom. The molecule has 4 heterocycles. The zero-order valence-electron chi connectivity index (χ0n) is 15.6. The van der Waals surface area contributed by atoms with Gasteiger partial charge in [-0.1, -0.05) is 0 Å². The van der Waals surface area contributed by atoms with Crippen LogP contribution in [0, 0.1) is 13.8 Å². The third-order valence-corrected chi connectivity index (χ3v) is 5.72. The number of aliphatic hydroxyl groups excluding tert-OH is 2. The third kappa shape index (κ3) is 3.58. The molecule has 3 fully saturated rings. The van der Waals surface area contributed by atoms with Crippen LogP contribution in [0.2, 0.25) is 0 Å². The van der Waals surface area contributed by atoms with Gasteiger partial charge in [-0.15, -0.1) is 0 Å². The minimum atomic E-state index is -0.194. The van der Waals surface area contributed by atoms with E-state index in [2.05, 4.69) is 18.7 Å². The van der Waals surface area contributed by atoms with E-state index in [-0.39, 0.29) is 50.7 Å². The summed E-state index contributed by atoms with van der Waals surface area (Å²) in [5.74, 6) is 0. The van der Waals surface area contributed by atoms with Crippen LogP contribution in [0.5, 0.6) is 0 Å². The predicted octanol–water partition coefficient (Wildman–Crippen LogP) is 1.82. The van der Waals surface area contributed by atoms with Gasteiger partial charge in [-0.25, -0.2) is 4.90 Å². The van der Waals surface area contributed by atoms with E-state index in [9.17, 15) is 0 Å². The third-order valence-electron chi connectivity index (χ3n) is 5.72. The Labute approximate surface area is 163 Å². The molecule has 3 aliphatic heterocycles. The van der Waals surface area contributed by atoms with E-state index in [1.54, 1.807) is 0 Å². The largest absolute Gasteiger partial charge is 0.394 e. The molecule has 6 nitrogen and oxygen atoms in total. The summed E-state index contributed by atoms with van der Waals surface area (Å²) in [7, 11) is 0. The van der Waals surface area contributed by atoms with Crippen molar-refractivity contribution in [3.8, 4) is 0 Å². The SMILES string of the molecule is CC12CCC3(C)OCC(CO1)N23.Cc1ccc(C)n1C(CO)CO.[2HH].[V]. The fourth-order valence-electron chi connectivity index (χ4n) is 4.49. The fraction of sp³-hybridized carbons (Fsp3) is 0.778. The predicted molar refractivity (Wildman–Crippen MR) is 92.8 cm³/mol. The number of rotatable bonds is 3. The maximum Gasteiger partial charge on any atom is 0.121 e. The minimum absolute atomic E-state index is 0. The Hall–Kier alpha value is -0.336. The Kier molecular flexibility index (Phi) is 6.48. The molecule has 2 unspecified atom stereocenters. The van der Waals surface area contributed by atoms with Crippen molar-refractivity contribution < 1.29 is 39.7 Å². The van der Waals surface area contributed by atoms with Crippen molar-refractivity contribution in [1.29, 1.82) is 0 Å². The zero-order chi connectivity index (χ0) is 17.5. The van der Waals surface area contributed by atoms with Gasteiger partial charge in [0.05, 0.1) is 38.5 Å². The first kappa shape index (κ1) is 21.0. The molecular formula is C18H32N2O4V. The Morgan fingerprint density at radius 3 is 1.92 bits per heavy atom. The van der Waals surface area contributed by atoms with Crippen LogP contribution in [-0.2, 0) is 28.0 Å². The van der Waals surface area contributed by atoms with Gasteiger partial charge in [-0.3, -0.25) is 0 Å². The summed E-state index contributed by atoms with van der Waals surface area (Å²) in [6.07, 6.45) is 2.22. The van der Waals surface area contributed by atoms with Crippen LogP contribution in [0.4, 0.5) is 0 Å². The number of aryl methyl sites for hydroxylation is 2. The van der Waals surface area contributed by atoms with Crippen LogP contribution in [0.25, 0.3) is 0 Å². The van der Waals surface area contributed by atoms with E-state index in [0.717, 1.165) is 37.4 Å². The van der Waals surface area contributed by atoms with Crippen LogP contribution in [0.1, 0.15) is 45.5 Å². The molecule has 7 heteroatoms. The van der Waals surface area contributed by atoms with Crippen molar-refractivity contribution >= 4 is 0 Å². The van der Waals surface area contributed by atoms with E-state index < -0.39 is 0 Å². The summed E-state index contributed by atoms with van der Waals surface area (Å²) in [6.45, 7) is 9.97. The second kappa shape index (κ2) is 7.73. The van der Waals surface area contributed by atoms with E-state index in [4.69, 9.17) is 19.7 Å². The van der Waals surface area contributed by atoms with Crippen LogP contribution < -0.4 is 0 Å². The Morgan fingerprint density at radius 1 is 1.08 bits per heavy atom. The first-order valence-electron chi connectivity index (χ1n) is 8.78. The number of ether oxygens (including phenoxy) is 2. The molecule has 3 aliphatic rings. The molecule has 0 spiro atoms. The monoisotopic (exact) mass is 392 g/mol. The first-order valence-corrected chi connectivity index (χ1v) is 8.78. The first-order chi connectivity index (χ1) is 11.3. The molecule has 0 aromatic carbocycles. The van der Waals surface area contributed by atoms with Crippen LogP contribution in [0.15, 0.2) is 12.1 Å². The fourth-order valence-corrected chi connectivity index (χ4v) is 4.49. The maximum atomic E-state index is 8.97. The molecule has 1 aromatic heterocycles. The molecule has 2 N–H and O–H groups in total. The Bertz CT molecular complexity index is 556. The smallest absolute Gasteiger partial charge is 0.121 e. The average Bonchev–Trinajstić information content (AvgIpc) is 3.25. The standard InChI is InChI=1S/2C9H15NO2.V.H2/c1-8-3-4-9(2)10(8)7(5-11-8)6-12-9;1-7-3-4-8(2)10(7)9(5-11)6-12;;/h7H,3-6H2,1-2H3;3-4,9,11-12H,5-6H2,1-2H3;;1H/i;;;1+1. The van der Waals surface area contributed by atoms with Crippen molar-refractivity contribution in [3.63, 3.8) is 0 Å². The number of nitrogens with zero attached hydrogens (tertiary/aromatic N) is 2. The van der Waals surface area contributed by atoms with Gasteiger partial charge in [0, 0.05) is 31.4 Å². The minimum Gasteiger partial charge on any atom is -0.394 e. The summed E-state index contributed by atoms with van der Waals surface area (Å²) >= 11 is 0. The summed E-state index contributed by atoms with van der Waals surface area (Å²) in [6, 6.07) is 4.28. The summed E-state index contributed by atoms with van der Waals surface area (Å²) < 4.78 is 13.6. The van der Waals surface area contributed by atoms with Gasteiger partial charge in [-0.05, 0) is 52.7 Å². The molecule has 0 amide bonds. The van der Waals surface area contributed by atoms with E-state index in [0.29, 0.717) is 6.04 Å². The van der Waals surface area contributed by atoms with Crippen molar-refractivity contribution in [2.75, 3.05) is 26.4 Å². The quantitative estimate of drug-likeness (QED) is 0.822. The van der Waals surface area contributed by atoms with E-state index in [1.165, 1.54) is 0 Å². The second-order valence-corrected chi connectivity index (χ2v) is 7.50. The van der Waals surface area contributed by atoms with Crippen LogP contribution in [0.3, 0.4) is 0 Å². The number of aromatic nitrogens is 1. The molecule has 1 aromatic rings. The van der Waals surface area contributed by atoms with Crippen molar-refractivity contribution in [2.45, 2.75) is 64.1 Å². The van der Waals surface area contributed by atoms with Gasteiger partial charge < -0.3 is 24.3 Å². The average molecular weight is 392 g/mol. The molecule has 4 rings (SSSR count). The van der Waals surface area contributed by atoms with E-state index in [1.807, 2.05) is 30.5 Å². The van der Waals surface area contributed by atoms with E-state index >= 15 is 0 Å². The number of aliphatic hydroxyl groups is 2. The van der Waals surface area contributed by atoms with Crippen molar-refractivity contribution in [1.82, 2.24) is 9.47 Å². The maximum absolute atomic E-state index is 8.97. The molecule has 1 radical (unpaired) electrons. The normalized spacial score (nSPS) is 33.2. The Balaban J connectivity index is 0.000000241. The molecular weight excluding hydrogens is 359 g/mol. The number of hydrogen-bond donors (Lipinski definition) is 2. The van der Waals surface area contributed by atoms with Gasteiger partial charge in [-0.2, -0.15) is 0 Å². The number of hydrogen-bond acceptors (Lipinski definition) is 5. The summed E-state index contributed by atoms with van der Waals surface area (Å²) in [5, 5.41) is 17.9.